The fourth-order valence-electron chi connectivity index (χ4n) is 2.66. The summed E-state index contributed by atoms with van der Waals surface area (Å²) >= 11 is 5.59. The standard InChI is InChI=1S/C13H15ClF3N3O3/c1-23-9-6-18-5-8(9)20(12(21)22)11(13(15,16)17)7-2-3-10(14)19-4-7/h2-4,8-9,11,18H,5-6H2,1H3,(H,21,22)/t8?,9?,11-/m1/s1. The molecule has 1 aliphatic rings. The SMILES string of the molecule is COC1CNCC1N(C(=O)O)[C@H](c1ccc(Cl)nc1)C(F)(F)F. The Labute approximate surface area is 135 Å². The number of amides is 1. The molecule has 1 amide bonds. The normalized spacial score (nSPS) is 22.8. The summed E-state index contributed by atoms with van der Waals surface area (Å²) in [5.41, 5.74) is -0.300. The molecule has 1 aromatic rings. The molecule has 128 valence electrons. The van der Waals surface area contributed by atoms with Gasteiger partial charge in [0.1, 0.15) is 5.15 Å². The number of hydrogen-bond donors (Lipinski definition) is 2. The van der Waals surface area contributed by atoms with Crippen LogP contribution in [0.4, 0.5) is 18.0 Å². The third kappa shape index (κ3) is 3.85. The summed E-state index contributed by atoms with van der Waals surface area (Å²) in [6.45, 7) is 0.340. The van der Waals surface area contributed by atoms with Gasteiger partial charge in [0.25, 0.3) is 0 Å². The fraction of sp³-hybridized carbons (Fsp3) is 0.538. The Bertz CT molecular complexity index is 556. The molecule has 6 nitrogen and oxygen atoms in total. The number of aromatic nitrogens is 1. The minimum atomic E-state index is -4.81. The molecule has 2 unspecified atom stereocenters. The van der Waals surface area contributed by atoms with Gasteiger partial charge in [-0.3, -0.25) is 4.90 Å². The Morgan fingerprint density at radius 2 is 2.22 bits per heavy atom. The molecule has 0 spiro atoms. The van der Waals surface area contributed by atoms with Crippen molar-refractivity contribution in [2.24, 2.45) is 0 Å². The van der Waals surface area contributed by atoms with Gasteiger partial charge in [-0.2, -0.15) is 13.2 Å². The molecule has 0 bridgehead atoms. The van der Waals surface area contributed by atoms with Gasteiger partial charge in [0.2, 0.25) is 0 Å². The van der Waals surface area contributed by atoms with E-state index in [0.29, 0.717) is 4.90 Å². The maximum Gasteiger partial charge on any atom is 0.413 e. The quantitative estimate of drug-likeness (QED) is 0.812. The minimum Gasteiger partial charge on any atom is -0.465 e. The first-order valence-electron chi connectivity index (χ1n) is 6.68. The molecular formula is C13H15ClF3N3O3. The van der Waals surface area contributed by atoms with Gasteiger partial charge in [-0.15, -0.1) is 0 Å². The highest BCUT2D eigenvalue weighted by Gasteiger charge is 2.51. The molecule has 1 aliphatic heterocycles. The van der Waals surface area contributed by atoms with Gasteiger partial charge >= 0.3 is 12.3 Å². The summed E-state index contributed by atoms with van der Waals surface area (Å²) in [5, 5.41) is 12.3. The summed E-state index contributed by atoms with van der Waals surface area (Å²) in [6.07, 6.45) is -6.23. The lowest BCUT2D eigenvalue weighted by Gasteiger charge is -2.37. The summed E-state index contributed by atoms with van der Waals surface area (Å²) < 4.78 is 45.8. The van der Waals surface area contributed by atoms with Gasteiger partial charge in [0.15, 0.2) is 6.04 Å². The molecule has 0 aliphatic carbocycles. The molecule has 1 saturated heterocycles. The molecule has 3 atom stereocenters. The predicted molar refractivity (Wildman–Crippen MR) is 75.4 cm³/mol. The number of nitrogens with one attached hydrogen (secondary N) is 1. The van der Waals surface area contributed by atoms with Crippen LogP contribution in [0.1, 0.15) is 11.6 Å². The van der Waals surface area contributed by atoms with Crippen molar-refractivity contribution in [3.8, 4) is 0 Å². The van der Waals surface area contributed by atoms with E-state index in [9.17, 15) is 23.1 Å². The summed E-state index contributed by atoms with van der Waals surface area (Å²) in [4.78, 5) is 15.6. The van der Waals surface area contributed by atoms with Crippen LogP contribution >= 0.6 is 11.6 Å². The second-order valence-corrected chi connectivity index (χ2v) is 5.44. The molecule has 2 heterocycles. The Morgan fingerprint density at radius 3 is 2.70 bits per heavy atom. The van der Waals surface area contributed by atoms with Gasteiger partial charge in [-0.1, -0.05) is 17.7 Å². The summed E-state index contributed by atoms with van der Waals surface area (Å²) in [7, 11) is 1.33. The van der Waals surface area contributed by atoms with E-state index < -0.39 is 30.5 Å². The molecule has 1 aromatic heterocycles. The second kappa shape index (κ2) is 6.90. The third-order valence-electron chi connectivity index (χ3n) is 3.66. The molecule has 2 rings (SSSR count). The highest BCUT2D eigenvalue weighted by Crippen LogP contribution is 2.39. The first-order chi connectivity index (χ1) is 10.8. The Hall–Kier alpha value is -1.58. The molecule has 2 N–H and O–H groups in total. The highest BCUT2D eigenvalue weighted by molar-refractivity contribution is 6.29. The zero-order chi connectivity index (χ0) is 17.2. The van der Waals surface area contributed by atoms with Crippen LogP contribution in [-0.2, 0) is 4.74 Å². The lowest BCUT2D eigenvalue weighted by atomic mass is 10.0. The van der Waals surface area contributed by atoms with Crippen molar-refractivity contribution in [1.82, 2.24) is 15.2 Å². The largest absolute Gasteiger partial charge is 0.465 e. The van der Waals surface area contributed by atoms with Crippen molar-refractivity contribution < 1.29 is 27.8 Å². The van der Waals surface area contributed by atoms with Crippen LogP contribution in [0, 0.1) is 0 Å². The lowest BCUT2D eigenvalue weighted by molar-refractivity contribution is -0.189. The number of rotatable bonds is 4. The zero-order valence-corrected chi connectivity index (χ0v) is 12.8. The molecule has 0 radical (unpaired) electrons. The van der Waals surface area contributed by atoms with Crippen LogP contribution in [-0.4, -0.2) is 59.6 Å². The van der Waals surface area contributed by atoms with Crippen LogP contribution in [0.5, 0.6) is 0 Å². The van der Waals surface area contributed by atoms with E-state index in [0.717, 1.165) is 12.3 Å². The fourth-order valence-corrected chi connectivity index (χ4v) is 2.77. The van der Waals surface area contributed by atoms with Crippen LogP contribution in [0.3, 0.4) is 0 Å². The molecular weight excluding hydrogens is 339 g/mol. The number of carboxylic acid groups (broad SMARTS) is 1. The van der Waals surface area contributed by atoms with Crippen LogP contribution in [0.15, 0.2) is 18.3 Å². The lowest BCUT2D eigenvalue weighted by Crippen LogP contribution is -2.52. The number of alkyl halides is 3. The van der Waals surface area contributed by atoms with E-state index in [4.69, 9.17) is 16.3 Å². The smallest absolute Gasteiger partial charge is 0.413 e. The Morgan fingerprint density at radius 1 is 1.52 bits per heavy atom. The van der Waals surface area contributed by atoms with Crippen molar-refractivity contribution in [3.63, 3.8) is 0 Å². The Balaban J connectivity index is 2.45. The van der Waals surface area contributed by atoms with Crippen molar-refractivity contribution in [2.45, 2.75) is 24.4 Å². The monoisotopic (exact) mass is 353 g/mol. The first kappa shape index (κ1) is 17.8. The van der Waals surface area contributed by atoms with E-state index >= 15 is 0 Å². The van der Waals surface area contributed by atoms with Gasteiger partial charge in [0.05, 0.1) is 12.1 Å². The molecule has 0 aromatic carbocycles. The average molecular weight is 354 g/mol. The van der Waals surface area contributed by atoms with Crippen LogP contribution in [0.2, 0.25) is 5.15 Å². The van der Waals surface area contributed by atoms with Crippen molar-refractivity contribution >= 4 is 17.7 Å². The number of ether oxygens (including phenoxy) is 1. The first-order valence-corrected chi connectivity index (χ1v) is 7.06. The van der Waals surface area contributed by atoms with E-state index in [1.165, 1.54) is 13.2 Å². The van der Waals surface area contributed by atoms with Crippen LogP contribution < -0.4 is 5.32 Å². The number of nitrogens with zero attached hydrogens (tertiary/aromatic N) is 2. The van der Waals surface area contributed by atoms with Crippen molar-refractivity contribution in [1.29, 1.82) is 0 Å². The van der Waals surface area contributed by atoms with Gasteiger partial charge < -0.3 is 15.2 Å². The summed E-state index contributed by atoms with van der Waals surface area (Å²) in [5.74, 6) is 0. The number of carbonyl (C=O) groups is 1. The topological polar surface area (TPSA) is 74.7 Å². The minimum absolute atomic E-state index is 0.0221. The zero-order valence-electron chi connectivity index (χ0n) is 12.0. The average Bonchev–Trinajstić information content (AvgIpc) is 2.92. The number of methoxy groups -OCH3 is 1. The maximum atomic E-state index is 13.6. The highest BCUT2D eigenvalue weighted by atomic mass is 35.5. The van der Waals surface area contributed by atoms with Crippen LogP contribution in [0.25, 0.3) is 0 Å². The second-order valence-electron chi connectivity index (χ2n) is 5.05. The number of pyridine rings is 1. The summed E-state index contributed by atoms with van der Waals surface area (Å²) in [6, 6.07) is -1.02. The van der Waals surface area contributed by atoms with Crippen molar-refractivity contribution in [3.05, 3.63) is 29.0 Å². The van der Waals surface area contributed by atoms with E-state index in [-0.39, 0.29) is 23.8 Å². The molecule has 1 fully saturated rings. The number of halogens is 4. The maximum absolute atomic E-state index is 13.6. The van der Waals surface area contributed by atoms with E-state index in [2.05, 4.69) is 10.3 Å². The van der Waals surface area contributed by atoms with Gasteiger partial charge in [-0.25, -0.2) is 9.78 Å². The number of hydrogen-bond acceptors (Lipinski definition) is 4. The molecule has 10 heteroatoms. The molecule has 23 heavy (non-hydrogen) atoms. The van der Waals surface area contributed by atoms with E-state index in [1.54, 1.807) is 0 Å². The van der Waals surface area contributed by atoms with Gasteiger partial charge in [-0.05, 0) is 6.07 Å². The van der Waals surface area contributed by atoms with Crippen molar-refractivity contribution in [2.75, 3.05) is 20.2 Å². The predicted octanol–water partition coefficient (Wildman–Crippen LogP) is 2.31. The Kier molecular flexibility index (Phi) is 5.33. The third-order valence-corrected chi connectivity index (χ3v) is 3.89. The molecule has 0 saturated carbocycles. The van der Waals surface area contributed by atoms with Gasteiger partial charge in [0, 0.05) is 32.0 Å². The van der Waals surface area contributed by atoms with E-state index in [1.807, 2.05) is 0 Å².